The van der Waals surface area contributed by atoms with Crippen molar-refractivity contribution in [3.63, 3.8) is 0 Å². The molecular weight excluding hydrogens is 172 g/mol. The number of hydrogen-bond donors (Lipinski definition) is 1. The van der Waals surface area contributed by atoms with Gasteiger partial charge in [0.2, 0.25) is 0 Å². The van der Waals surface area contributed by atoms with Crippen LogP contribution in [0.1, 0.15) is 40.5 Å². The lowest BCUT2D eigenvalue weighted by Crippen LogP contribution is -2.36. The van der Waals surface area contributed by atoms with Gasteiger partial charge in [-0.05, 0) is 32.1 Å². The van der Waals surface area contributed by atoms with Crippen LogP contribution < -0.4 is 0 Å². The first kappa shape index (κ1) is 11.3. The van der Waals surface area contributed by atoms with E-state index in [1.807, 2.05) is 0 Å². The first-order valence-corrected chi connectivity index (χ1v) is 5.26. The van der Waals surface area contributed by atoms with Crippen molar-refractivity contribution in [1.82, 2.24) is 0 Å². The summed E-state index contributed by atoms with van der Waals surface area (Å²) in [5.74, 6) is 5.86. The average molecular weight is 192 g/mol. The summed E-state index contributed by atoms with van der Waals surface area (Å²) in [6.07, 6.45) is 3.99. The average Bonchev–Trinajstić information content (AvgIpc) is 2.02. The van der Waals surface area contributed by atoms with Gasteiger partial charge in [-0.3, -0.25) is 0 Å². The van der Waals surface area contributed by atoms with Crippen LogP contribution in [-0.4, -0.2) is 11.2 Å². The lowest BCUT2D eigenvalue weighted by Gasteiger charge is -2.39. The van der Waals surface area contributed by atoms with Crippen molar-refractivity contribution in [2.45, 2.75) is 46.6 Å². The van der Waals surface area contributed by atoms with Crippen molar-refractivity contribution in [2.75, 3.05) is 0 Å². The van der Waals surface area contributed by atoms with Gasteiger partial charge in [-0.1, -0.05) is 31.4 Å². The van der Waals surface area contributed by atoms with Crippen molar-refractivity contribution < 1.29 is 5.11 Å². The summed E-state index contributed by atoms with van der Waals surface area (Å²) >= 11 is 0. The first-order chi connectivity index (χ1) is 6.49. The maximum absolute atomic E-state index is 9.97. The molecule has 78 valence electrons. The van der Waals surface area contributed by atoms with Gasteiger partial charge in [0.25, 0.3) is 0 Å². The molecule has 2 unspecified atom stereocenters. The van der Waals surface area contributed by atoms with Crippen LogP contribution in [0.4, 0.5) is 0 Å². The van der Waals surface area contributed by atoms with E-state index < -0.39 is 6.10 Å². The van der Waals surface area contributed by atoms with E-state index in [4.69, 9.17) is 0 Å². The number of aliphatic hydroxyl groups excluding tert-OH is 1. The number of aliphatic hydroxyl groups is 1. The summed E-state index contributed by atoms with van der Waals surface area (Å²) in [5, 5.41) is 9.97. The molecule has 1 aliphatic carbocycles. The second-order valence-electron chi connectivity index (χ2n) is 4.79. The predicted molar refractivity (Wildman–Crippen MR) is 59.7 cm³/mol. The third kappa shape index (κ3) is 2.19. The molecule has 0 aromatic heterocycles. The Kier molecular flexibility index (Phi) is 3.39. The summed E-state index contributed by atoms with van der Waals surface area (Å²) < 4.78 is 0. The largest absolute Gasteiger partial charge is 0.380 e. The SMILES string of the molecule is CC#CC(O)C1C(C)=CCCC1(C)C. The highest BCUT2D eigenvalue weighted by atomic mass is 16.3. The molecule has 0 fully saturated rings. The van der Waals surface area contributed by atoms with Gasteiger partial charge in [0.1, 0.15) is 6.10 Å². The van der Waals surface area contributed by atoms with Crippen LogP contribution in [0.3, 0.4) is 0 Å². The maximum Gasteiger partial charge on any atom is 0.121 e. The fourth-order valence-corrected chi connectivity index (χ4v) is 2.48. The second kappa shape index (κ2) is 4.19. The summed E-state index contributed by atoms with van der Waals surface area (Å²) in [6.45, 7) is 8.31. The first-order valence-electron chi connectivity index (χ1n) is 5.26. The van der Waals surface area contributed by atoms with E-state index in [-0.39, 0.29) is 11.3 Å². The fraction of sp³-hybridized carbons (Fsp3) is 0.692. The van der Waals surface area contributed by atoms with Gasteiger partial charge in [0.15, 0.2) is 0 Å². The molecule has 0 saturated carbocycles. The normalized spacial score (nSPS) is 27.2. The molecule has 1 nitrogen and oxygen atoms in total. The summed E-state index contributed by atoms with van der Waals surface area (Å²) in [4.78, 5) is 0. The van der Waals surface area contributed by atoms with Gasteiger partial charge in [-0.25, -0.2) is 0 Å². The Morgan fingerprint density at radius 2 is 2.21 bits per heavy atom. The zero-order chi connectivity index (χ0) is 10.8. The fourth-order valence-electron chi connectivity index (χ4n) is 2.48. The van der Waals surface area contributed by atoms with Crippen molar-refractivity contribution in [1.29, 1.82) is 0 Å². The minimum Gasteiger partial charge on any atom is -0.380 e. The molecule has 1 N–H and O–H groups in total. The van der Waals surface area contributed by atoms with E-state index in [9.17, 15) is 5.11 Å². The third-order valence-corrected chi connectivity index (χ3v) is 3.20. The number of rotatable bonds is 1. The molecule has 0 aromatic carbocycles. The standard InChI is InChI=1S/C13H20O/c1-5-7-11(14)12-10(2)8-6-9-13(12,3)4/h8,11-12,14H,6,9H2,1-4H3. The van der Waals surface area contributed by atoms with Crippen molar-refractivity contribution >= 4 is 0 Å². The lowest BCUT2D eigenvalue weighted by molar-refractivity contribution is 0.0846. The summed E-state index contributed by atoms with van der Waals surface area (Å²) in [7, 11) is 0. The molecule has 0 aromatic rings. The van der Waals surface area contributed by atoms with Crippen LogP contribution in [0.25, 0.3) is 0 Å². The van der Waals surface area contributed by atoms with Gasteiger partial charge in [0.05, 0.1) is 0 Å². The topological polar surface area (TPSA) is 20.2 Å². The predicted octanol–water partition coefficient (Wildman–Crippen LogP) is 2.75. The van der Waals surface area contributed by atoms with Gasteiger partial charge in [-0.15, -0.1) is 5.92 Å². The van der Waals surface area contributed by atoms with E-state index in [1.54, 1.807) is 6.92 Å². The smallest absolute Gasteiger partial charge is 0.121 e. The Labute approximate surface area is 87.2 Å². The van der Waals surface area contributed by atoms with E-state index in [0.29, 0.717) is 0 Å². The van der Waals surface area contributed by atoms with Crippen LogP contribution in [0.5, 0.6) is 0 Å². The highest BCUT2D eigenvalue weighted by Crippen LogP contribution is 2.42. The lowest BCUT2D eigenvalue weighted by atomic mass is 9.66. The highest BCUT2D eigenvalue weighted by Gasteiger charge is 2.36. The van der Waals surface area contributed by atoms with Crippen LogP contribution in [-0.2, 0) is 0 Å². The second-order valence-corrected chi connectivity index (χ2v) is 4.79. The van der Waals surface area contributed by atoms with Crippen LogP contribution in [0, 0.1) is 23.2 Å². The highest BCUT2D eigenvalue weighted by molar-refractivity contribution is 5.20. The molecule has 0 aliphatic heterocycles. The summed E-state index contributed by atoms with van der Waals surface area (Å²) in [6, 6.07) is 0. The Morgan fingerprint density at radius 1 is 1.57 bits per heavy atom. The molecule has 0 spiro atoms. The zero-order valence-electron chi connectivity index (χ0n) is 9.59. The molecule has 1 aliphatic rings. The van der Waals surface area contributed by atoms with Gasteiger partial charge < -0.3 is 5.11 Å². The van der Waals surface area contributed by atoms with Crippen molar-refractivity contribution in [3.8, 4) is 11.8 Å². The number of allylic oxidation sites excluding steroid dienone is 1. The molecule has 0 radical (unpaired) electrons. The van der Waals surface area contributed by atoms with E-state index in [1.165, 1.54) is 5.57 Å². The van der Waals surface area contributed by atoms with Crippen LogP contribution >= 0.6 is 0 Å². The molecule has 14 heavy (non-hydrogen) atoms. The molecule has 0 bridgehead atoms. The molecule has 2 atom stereocenters. The Hall–Kier alpha value is -0.740. The number of hydrogen-bond acceptors (Lipinski definition) is 1. The van der Waals surface area contributed by atoms with Gasteiger partial charge in [0, 0.05) is 5.92 Å². The van der Waals surface area contributed by atoms with Crippen molar-refractivity contribution in [2.24, 2.45) is 11.3 Å². The van der Waals surface area contributed by atoms with E-state index in [0.717, 1.165) is 12.8 Å². The minimum atomic E-state index is -0.508. The molecule has 0 saturated heterocycles. The quantitative estimate of drug-likeness (QED) is 0.500. The molecule has 0 heterocycles. The van der Waals surface area contributed by atoms with Crippen molar-refractivity contribution in [3.05, 3.63) is 11.6 Å². The molecule has 1 rings (SSSR count). The Bertz CT molecular complexity index is 288. The van der Waals surface area contributed by atoms with E-state index >= 15 is 0 Å². The molecule has 1 heteroatoms. The monoisotopic (exact) mass is 192 g/mol. The van der Waals surface area contributed by atoms with Crippen LogP contribution in [0.2, 0.25) is 0 Å². The Balaban J connectivity index is 2.94. The van der Waals surface area contributed by atoms with Gasteiger partial charge >= 0.3 is 0 Å². The molecular formula is C13H20O. The minimum absolute atomic E-state index is 0.169. The zero-order valence-corrected chi connectivity index (χ0v) is 9.59. The summed E-state index contributed by atoms with van der Waals surface area (Å²) in [5.41, 5.74) is 1.46. The molecule has 0 amide bonds. The maximum atomic E-state index is 9.97. The Morgan fingerprint density at radius 3 is 2.71 bits per heavy atom. The van der Waals surface area contributed by atoms with E-state index in [2.05, 4.69) is 38.7 Å². The van der Waals surface area contributed by atoms with Crippen LogP contribution in [0.15, 0.2) is 11.6 Å². The third-order valence-electron chi connectivity index (χ3n) is 3.20. The van der Waals surface area contributed by atoms with Gasteiger partial charge in [-0.2, -0.15) is 0 Å².